The Morgan fingerprint density at radius 1 is 1.56 bits per heavy atom. The summed E-state index contributed by atoms with van der Waals surface area (Å²) in [7, 11) is 1.68. The van der Waals surface area contributed by atoms with Crippen LogP contribution < -0.4 is 11.0 Å². The fraction of sp³-hybridized carbons (Fsp3) is 0.692. The minimum atomic E-state index is -0.348. The van der Waals surface area contributed by atoms with Crippen LogP contribution in [0.3, 0.4) is 0 Å². The lowest BCUT2D eigenvalue weighted by atomic mass is 9.98. The molecule has 0 amide bonds. The Morgan fingerprint density at radius 3 is 2.78 bits per heavy atom. The molecule has 1 aromatic rings. The lowest BCUT2D eigenvalue weighted by molar-refractivity contribution is -0.0148. The van der Waals surface area contributed by atoms with E-state index in [1.165, 1.54) is 0 Å². The lowest BCUT2D eigenvalue weighted by Crippen LogP contribution is -2.51. The molecule has 5 heteroatoms. The molecule has 1 N–H and O–H groups in total. The number of likely N-dealkylation sites (N-methyl/N-ethyl adjacent to an activating group) is 1. The van der Waals surface area contributed by atoms with Crippen LogP contribution in [0.4, 0.5) is 0 Å². The van der Waals surface area contributed by atoms with Gasteiger partial charge in [0.1, 0.15) is 0 Å². The normalized spacial score (nSPS) is 13.6. The van der Waals surface area contributed by atoms with Crippen molar-refractivity contribution in [3.8, 4) is 0 Å². The molecule has 0 aliphatic rings. The Balaban J connectivity index is 2.96. The van der Waals surface area contributed by atoms with E-state index in [2.05, 4.69) is 10.3 Å². The molecule has 5 nitrogen and oxygen atoms in total. The highest BCUT2D eigenvalue weighted by atomic mass is 16.5. The van der Waals surface area contributed by atoms with Gasteiger partial charge in [-0.1, -0.05) is 6.92 Å². The molecule has 1 atom stereocenters. The Morgan fingerprint density at radius 2 is 2.22 bits per heavy atom. The average Bonchev–Trinajstić information content (AvgIpc) is 2.33. The molecule has 0 fully saturated rings. The zero-order chi connectivity index (χ0) is 13.8. The third-order valence-corrected chi connectivity index (χ3v) is 3.18. The van der Waals surface area contributed by atoms with Gasteiger partial charge in [-0.2, -0.15) is 0 Å². The van der Waals surface area contributed by atoms with Gasteiger partial charge in [-0.05, 0) is 32.9 Å². The minimum Gasteiger partial charge on any atom is -0.377 e. The van der Waals surface area contributed by atoms with E-state index in [0.717, 1.165) is 12.1 Å². The molecule has 1 unspecified atom stereocenters. The monoisotopic (exact) mass is 253 g/mol. The number of nitrogens with one attached hydrogen (secondary N) is 1. The van der Waals surface area contributed by atoms with E-state index in [1.54, 1.807) is 17.9 Å². The number of aromatic nitrogens is 2. The largest absolute Gasteiger partial charge is 0.377 e. The number of ether oxygens (including phenoxy) is 1. The Labute approximate surface area is 108 Å². The fourth-order valence-electron chi connectivity index (χ4n) is 1.81. The first-order valence-corrected chi connectivity index (χ1v) is 6.22. The SMILES string of the molecule is CCNC(Cn1cc(C)cnc1=O)C(C)(C)OC. The van der Waals surface area contributed by atoms with Crippen molar-refractivity contribution in [2.75, 3.05) is 13.7 Å². The van der Waals surface area contributed by atoms with Crippen LogP contribution in [-0.4, -0.2) is 34.8 Å². The smallest absolute Gasteiger partial charge is 0.347 e. The van der Waals surface area contributed by atoms with Crippen molar-refractivity contribution >= 4 is 0 Å². The molecule has 0 aromatic carbocycles. The van der Waals surface area contributed by atoms with Gasteiger partial charge in [0.25, 0.3) is 0 Å². The summed E-state index contributed by atoms with van der Waals surface area (Å²) in [5.41, 5.74) is 0.398. The first-order valence-electron chi connectivity index (χ1n) is 6.22. The van der Waals surface area contributed by atoms with E-state index in [1.807, 2.05) is 33.9 Å². The standard InChI is InChI=1S/C13H23N3O2/c1-6-14-11(13(3,4)18-5)9-16-8-10(2)7-15-12(16)17/h7-8,11,14H,6,9H2,1-5H3. The maximum atomic E-state index is 11.7. The molecular weight excluding hydrogens is 230 g/mol. The van der Waals surface area contributed by atoms with Crippen LogP contribution in [0.1, 0.15) is 26.3 Å². The van der Waals surface area contributed by atoms with E-state index in [4.69, 9.17) is 4.74 Å². The second-order valence-electron chi connectivity index (χ2n) is 4.98. The van der Waals surface area contributed by atoms with Gasteiger partial charge in [0.05, 0.1) is 11.6 Å². The van der Waals surface area contributed by atoms with Gasteiger partial charge in [-0.25, -0.2) is 9.78 Å². The summed E-state index contributed by atoms with van der Waals surface area (Å²) < 4.78 is 7.12. The highest BCUT2D eigenvalue weighted by Crippen LogP contribution is 2.15. The topological polar surface area (TPSA) is 56.2 Å². The van der Waals surface area contributed by atoms with Gasteiger partial charge >= 0.3 is 5.69 Å². The van der Waals surface area contributed by atoms with Crippen molar-refractivity contribution in [2.45, 2.75) is 45.9 Å². The van der Waals surface area contributed by atoms with Crippen LogP contribution in [0.2, 0.25) is 0 Å². The van der Waals surface area contributed by atoms with Crippen LogP contribution >= 0.6 is 0 Å². The van der Waals surface area contributed by atoms with E-state index >= 15 is 0 Å². The van der Waals surface area contributed by atoms with Crippen LogP contribution in [0, 0.1) is 6.92 Å². The van der Waals surface area contributed by atoms with Gasteiger partial charge in [0.2, 0.25) is 0 Å². The average molecular weight is 253 g/mol. The zero-order valence-electron chi connectivity index (χ0n) is 11.9. The molecule has 0 saturated carbocycles. The lowest BCUT2D eigenvalue weighted by Gasteiger charge is -2.34. The molecule has 1 heterocycles. The molecule has 0 radical (unpaired) electrons. The molecule has 0 aliphatic heterocycles. The number of methoxy groups -OCH3 is 1. The summed E-state index contributed by atoms with van der Waals surface area (Å²) in [5.74, 6) is 0. The summed E-state index contributed by atoms with van der Waals surface area (Å²) in [5, 5.41) is 3.36. The molecule has 1 aromatic heterocycles. The van der Waals surface area contributed by atoms with Gasteiger partial charge in [-0.3, -0.25) is 4.57 Å². The Hall–Kier alpha value is -1.20. The molecule has 1 rings (SSSR count). The van der Waals surface area contributed by atoms with Crippen molar-refractivity contribution in [1.29, 1.82) is 0 Å². The summed E-state index contributed by atoms with van der Waals surface area (Å²) in [6.07, 6.45) is 3.41. The van der Waals surface area contributed by atoms with Crippen molar-refractivity contribution in [2.24, 2.45) is 0 Å². The molecule has 0 aliphatic carbocycles. The number of rotatable bonds is 6. The van der Waals surface area contributed by atoms with Crippen LogP contribution in [0.25, 0.3) is 0 Å². The second kappa shape index (κ2) is 6.11. The number of nitrogens with zero attached hydrogens (tertiary/aromatic N) is 2. The molecular formula is C13H23N3O2. The molecule has 0 spiro atoms. The van der Waals surface area contributed by atoms with Crippen molar-refractivity contribution in [3.63, 3.8) is 0 Å². The third kappa shape index (κ3) is 3.65. The second-order valence-corrected chi connectivity index (χ2v) is 4.98. The molecule has 0 bridgehead atoms. The predicted octanol–water partition coefficient (Wildman–Crippen LogP) is 0.955. The molecule has 102 valence electrons. The van der Waals surface area contributed by atoms with E-state index in [9.17, 15) is 4.79 Å². The first kappa shape index (κ1) is 14.9. The third-order valence-electron chi connectivity index (χ3n) is 3.18. The quantitative estimate of drug-likeness (QED) is 0.820. The van der Waals surface area contributed by atoms with Crippen molar-refractivity contribution in [1.82, 2.24) is 14.9 Å². The number of hydrogen-bond donors (Lipinski definition) is 1. The maximum absolute atomic E-state index is 11.7. The Bertz CT molecular complexity index is 440. The van der Waals surface area contributed by atoms with Crippen LogP contribution in [-0.2, 0) is 11.3 Å². The summed E-state index contributed by atoms with van der Waals surface area (Å²) in [4.78, 5) is 15.5. The van der Waals surface area contributed by atoms with Crippen LogP contribution in [0.15, 0.2) is 17.2 Å². The maximum Gasteiger partial charge on any atom is 0.347 e. The van der Waals surface area contributed by atoms with Crippen LogP contribution in [0.5, 0.6) is 0 Å². The van der Waals surface area contributed by atoms with E-state index in [0.29, 0.717) is 6.54 Å². The highest BCUT2D eigenvalue weighted by molar-refractivity contribution is 5.00. The van der Waals surface area contributed by atoms with Crippen molar-refractivity contribution in [3.05, 3.63) is 28.4 Å². The van der Waals surface area contributed by atoms with Gasteiger partial charge in [0.15, 0.2) is 0 Å². The van der Waals surface area contributed by atoms with Crippen molar-refractivity contribution < 1.29 is 4.74 Å². The number of aryl methyl sites for hydroxylation is 1. The van der Waals surface area contributed by atoms with E-state index < -0.39 is 0 Å². The van der Waals surface area contributed by atoms with Gasteiger partial charge in [0, 0.05) is 26.0 Å². The first-order chi connectivity index (χ1) is 8.40. The Kier molecular flexibility index (Phi) is 5.04. The predicted molar refractivity (Wildman–Crippen MR) is 71.8 cm³/mol. The molecule has 0 saturated heterocycles. The van der Waals surface area contributed by atoms with Gasteiger partial charge in [-0.15, -0.1) is 0 Å². The summed E-state index contributed by atoms with van der Waals surface area (Å²) in [6.45, 7) is 9.35. The van der Waals surface area contributed by atoms with Gasteiger partial charge < -0.3 is 10.1 Å². The van der Waals surface area contributed by atoms with E-state index in [-0.39, 0.29) is 17.3 Å². The molecule has 18 heavy (non-hydrogen) atoms. The zero-order valence-corrected chi connectivity index (χ0v) is 11.9. The number of hydrogen-bond acceptors (Lipinski definition) is 4. The summed E-state index contributed by atoms with van der Waals surface area (Å²) in [6, 6.07) is 0.0498. The highest BCUT2D eigenvalue weighted by Gasteiger charge is 2.29. The fourth-order valence-corrected chi connectivity index (χ4v) is 1.81. The summed E-state index contributed by atoms with van der Waals surface area (Å²) >= 11 is 0. The minimum absolute atomic E-state index is 0.0498.